The molecule has 1 aliphatic heterocycles. The highest BCUT2D eigenvalue weighted by atomic mass is 16.5. The van der Waals surface area contributed by atoms with Crippen molar-refractivity contribution in [3.63, 3.8) is 0 Å². The van der Waals surface area contributed by atoms with E-state index >= 15 is 0 Å². The van der Waals surface area contributed by atoms with Gasteiger partial charge in [-0.3, -0.25) is 0 Å². The molecule has 0 amide bonds. The van der Waals surface area contributed by atoms with Crippen LogP contribution in [0.1, 0.15) is 31.7 Å². The molecular formula is C15H23NO. The Kier molecular flexibility index (Phi) is 4.57. The molecular weight excluding hydrogens is 210 g/mol. The van der Waals surface area contributed by atoms with E-state index in [0.29, 0.717) is 18.1 Å². The van der Waals surface area contributed by atoms with Crippen LogP contribution in [-0.2, 0) is 11.2 Å². The third kappa shape index (κ3) is 3.83. The van der Waals surface area contributed by atoms with Crippen LogP contribution in [0.15, 0.2) is 30.3 Å². The lowest BCUT2D eigenvalue weighted by molar-refractivity contribution is 0.118. The van der Waals surface area contributed by atoms with E-state index in [-0.39, 0.29) is 0 Å². The Balaban J connectivity index is 1.68. The summed E-state index contributed by atoms with van der Waals surface area (Å²) in [5.74, 6) is 0.570. The first kappa shape index (κ1) is 12.6. The van der Waals surface area contributed by atoms with Crippen molar-refractivity contribution in [1.29, 1.82) is 0 Å². The van der Waals surface area contributed by atoms with Gasteiger partial charge in [0, 0.05) is 6.04 Å². The third-order valence-corrected chi connectivity index (χ3v) is 3.68. The van der Waals surface area contributed by atoms with E-state index in [2.05, 4.69) is 37.3 Å². The molecule has 1 aromatic carbocycles. The zero-order chi connectivity index (χ0) is 12.1. The SMILES string of the molecule is CC1CC(C(N)CCCc2ccccc2)CO1. The van der Waals surface area contributed by atoms with Crippen LogP contribution in [0.4, 0.5) is 0 Å². The van der Waals surface area contributed by atoms with Gasteiger partial charge in [-0.25, -0.2) is 0 Å². The number of aryl methyl sites for hydroxylation is 1. The van der Waals surface area contributed by atoms with Crippen molar-refractivity contribution in [3.8, 4) is 0 Å². The molecule has 1 aliphatic rings. The molecule has 1 aromatic rings. The Morgan fingerprint density at radius 1 is 1.35 bits per heavy atom. The van der Waals surface area contributed by atoms with Crippen molar-refractivity contribution in [3.05, 3.63) is 35.9 Å². The van der Waals surface area contributed by atoms with Gasteiger partial charge in [-0.15, -0.1) is 0 Å². The standard InChI is InChI=1S/C15H23NO/c1-12-10-14(11-17-12)15(16)9-5-8-13-6-3-2-4-7-13/h2-4,6-7,12,14-15H,5,8-11,16H2,1H3. The van der Waals surface area contributed by atoms with E-state index in [1.165, 1.54) is 12.0 Å². The van der Waals surface area contributed by atoms with E-state index in [9.17, 15) is 0 Å². The minimum Gasteiger partial charge on any atom is -0.378 e. The van der Waals surface area contributed by atoms with Gasteiger partial charge in [0.05, 0.1) is 12.7 Å². The topological polar surface area (TPSA) is 35.2 Å². The average Bonchev–Trinajstić information content (AvgIpc) is 2.77. The molecule has 1 heterocycles. The van der Waals surface area contributed by atoms with Gasteiger partial charge in [-0.1, -0.05) is 30.3 Å². The summed E-state index contributed by atoms with van der Waals surface area (Å²) in [7, 11) is 0. The summed E-state index contributed by atoms with van der Waals surface area (Å²) in [5.41, 5.74) is 7.64. The summed E-state index contributed by atoms with van der Waals surface area (Å²) in [5, 5.41) is 0. The normalized spacial score (nSPS) is 26.0. The molecule has 0 saturated carbocycles. The monoisotopic (exact) mass is 233 g/mol. The van der Waals surface area contributed by atoms with Crippen LogP contribution in [0.5, 0.6) is 0 Å². The Labute approximate surface area is 104 Å². The highest BCUT2D eigenvalue weighted by Gasteiger charge is 2.26. The molecule has 3 unspecified atom stereocenters. The fourth-order valence-corrected chi connectivity index (χ4v) is 2.57. The molecule has 17 heavy (non-hydrogen) atoms. The van der Waals surface area contributed by atoms with Crippen LogP contribution < -0.4 is 5.73 Å². The lowest BCUT2D eigenvalue weighted by Gasteiger charge is -2.17. The molecule has 2 nitrogen and oxygen atoms in total. The fourth-order valence-electron chi connectivity index (χ4n) is 2.57. The van der Waals surface area contributed by atoms with Crippen LogP contribution in [0, 0.1) is 5.92 Å². The molecule has 0 radical (unpaired) electrons. The molecule has 2 heteroatoms. The maximum absolute atomic E-state index is 6.23. The third-order valence-electron chi connectivity index (χ3n) is 3.68. The molecule has 94 valence electrons. The van der Waals surface area contributed by atoms with E-state index < -0.39 is 0 Å². The summed E-state index contributed by atoms with van der Waals surface area (Å²) in [4.78, 5) is 0. The predicted octanol–water partition coefficient (Wildman–Crippen LogP) is 2.76. The van der Waals surface area contributed by atoms with Gasteiger partial charge in [0.15, 0.2) is 0 Å². The molecule has 0 aliphatic carbocycles. The zero-order valence-corrected chi connectivity index (χ0v) is 10.6. The van der Waals surface area contributed by atoms with Crippen LogP contribution in [0.2, 0.25) is 0 Å². The van der Waals surface area contributed by atoms with Gasteiger partial charge < -0.3 is 10.5 Å². The Hall–Kier alpha value is -0.860. The number of hydrogen-bond donors (Lipinski definition) is 1. The second-order valence-corrected chi connectivity index (χ2v) is 5.18. The fraction of sp³-hybridized carbons (Fsp3) is 0.600. The number of benzene rings is 1. The van der Waals surface area contributed by atoms with Gasteiger partial charge in [0.25, 0.3) is 0 Å². The minimum absolute atomic E-state index is 0.309. The summed E-state index contributed by atoms with van der Waals surface area (Å²) in [6.45, 7) is 2.99. The van der Waals surface area contributed by atoms with E-state index in [4.69, 9.17) is 10.5 Å². The van der Waals surface area contributed by atoms with Gasteiger partial charge in [-0.2, -0.15) is 0 Å². The highest BCUT2D eigenvalue weighted by Crippen LogP contribution is 2.23. The number of nitrogens with two attached hydrogens (primary N) is 1. The van der Waals surface area contributed by atoms with Gasteiger partial charge in [0.2, 0.25) is 0 Å². The number of hydrogen-bond acceptors (Lipinski definition) is 2. The van der Waals surface area contributed by atoms with Gasteiger partial charge in [0.1, 0.15) is 0 Å². The number of rotatable bonds is 5. The van der Waals surface area contributed by atoms with Gasteiger partial charge in [-0.05, 0) is 44.1 Å². The highest BCUT2D eigenvalue weighted by molar-refractivity contribution is 5.14. The number of ether oxygens (including phenoxy) is 1. The van der Waals surface area contributed by atoms with Gasteiger partial charge >= 0.3 is 0 Å². The Morgan fingerprint density at radius 3 is 2.76 bits per heavy atom. The smallest absolute Gasteiger partial charge is 0.0551 e. The molecule has 0 spiro atoms. The molecule has 3 atom stereocenters. The van der Waals surface area contributed by atoms with Crippen molar-refractivity contribution in [2.45, 2.75) is 44.8 Å². The first-order chi connectivity index (χ1) is 8.25. The summed E-state index contributed by atoms with van der Waals surface area (Å²) < 4.78 is 5.57. The quantitative estimate of drug-likeness (QED) is 0.848. The van der Waals surface area contributed by atoms with E-state index in [1.54, 1.807) is 0 Å². The first-order valence-corrected chi connectivity index (χ1v) is 6.67. The Bertz CT molecular complexity index is 325. The van der Waals surface area contributed by atoms with Crippen LogP contribution in [-0.4, -0.2) is 18.8 Å². The maximum Gasteiger partial charge on any atom is 0.0551 e. The van der Waals surface area contributed by atoms with Crippen molar-refractivity contribution in [2.24, 2.45) is 11.7 Å². The molecule has 0 bridgehead atoms. The van der Waals surface area contributed by atoms with E-state index in [0.717, 1.165) is 25.9 Å². The summed E-state index contributed by atoms with van der Waals surface area (Å²) in [6, 6.07) is 10.9. The maximum atomic E-state index is 6.23. The molecule has 2 rings (SSSR count). The lowest BCUT2D eigenvalue weighted by Crippen LogP contribution is -2.30. The zero-order valence-electron chi connectivity index (χ0n) is 10.6. The predicted molar refractivity (Wildman–Crippen MR) is 70.9 cm³/mol. The Morgan fingerprint density at radius 2 is 2.12 bits per heavy atom. The summed E-state index contributed by atoms with van der Waals surface area (Å²) in [6.07, 6.45) is 4.95. The van der Waals surface area contributed by atoms with Crippen LogP contribution >= 0.6 is 0 Å². The van der Waals surface area contributed by atoms with Crippen molar-refractivity contribution < 1.29 is 4.74 Å². The van der Waals surface area contributed by atoms with Crippen molar-refractivity contribution in [1.82, 2.24) is 0 Å². The van der Waals surface area contributed by atoms with Crippen LogP contribution in [0.25, 0.3) is 0 Å². The first-order valence-electron chi connectivity index (χ1n) is 6.67. The summed E-state index contributed by atoms with van der Waals surface area (Å²) >= 11 is 0. The van der Waals surface area contributed by atoms with E-state index in [1.807, 2.05) is 0 Å². The van der Waals surface area contributed by atoms with Crippen LogP contribution in [0.3, 0.4) is 0 Å². The van der Waals surface area contributed by atoms with Crippen molar-refractivity contribution in [2.75, 3.05) is 6.61 Å². The molecule has 1 fully saturated rings. The minimum atomic E-state index is 0.309. The second-order valence-electron chi connectivity index (χ2n) is 5.18. The average molecular weight is 233 g/mol. The lowest BCUT2D eigenvalue weighted by atomic mass is 9.93. The van der Waals surface area contributed by atoms with Crippen molar-refractivity contribution >= 4 is 0 Å². The molecule has 0 aromatic heterocycles. The molecule has 1 saturated heterocycles. The largest absolute Gasteiger partial charge is 0.378 e. The molecule has 2 N–H and O–H groups in total. The second kappa shape index (κ2) is 6.18.